The number of aryl methyl sites for hydroxylation is 1. The van der Waals surface area contributed by atoms with E-state index < -0.39 is 11.7 Å². The predicted molar refractivity (Wildman–Crippen MR) is 106 cm³/mol. The number of piperidine rings is 1. The number of nitrogens with one attached hydrogen (secondary N) is 1. The molecule has 1 fully saturated rings. The Labute approximate surface area is 166 Å². The third kappa shape index (κ3) is 5.38. The molecule has 2 heterocycles. The van der Waals surface area contributed by atoms with Gasteiger partial charge >= 0.3 is 0 Å². The normalized spacial score (nSPS) is 16.9. The van der Waals surface area contributed by atoms with Crippen LogP contribution in [-0.4, -0.2) is 35.6 Å². The van der Waals surface area contributed by atoms with Gasteiger partial charge in [0, 0.05) is 29.3 Å². The molecule has 1 aliphatic heterocycles. The highest BCUT2D eigenvalue weighted by Crippen LogP contribution is 2.22. The van der Waals surface area contributed by atoms with E-state index in [-0.39, 0.29) is 12.3 Å². The second kappa shape index (κ2) is 8.65. The summed E-state index contributed by atoms with van der Waals surface area (Å²) >= 11 is 3.18. The maximum atomic E-state index is 13.8. The maximum absolute atomic E-state index is 13.8. The molecule has 0 bridgehead atoms. The van der Waals surface area contributed by atoms with Crippen LogP contribution in [0.3, 0.4) is 0 Å². The summed E-state index contributed by atoms with van der Waals surface area (Å²) in [5, 5.41) is 2.49. The van der Waals surface area contributed by atoms with Crippen molar-refractivity contribution in [3.05, 3.63) is 40.2 Å². The summed E-state index contributed by atoms with van der Waals surface area (Å²) < 4.78 is 19.9. The van der Waals surface area contributed by atoms with Crippen LogP contribution in [0, 0.1) is 18.7 Å². The van der Waals surface area contributed by atoms with Crippen molar-refractivity contribution >= 4 is 33.5 Å². The van der Waals surface area contributed by atoms with Gasteiger partial charge in [-0.05, 0) is 43.9 Å². The van der Waals surface area contributed by atoms with Crippen LogP contribution in [0.5, 0.6) is 5.88 Å². The predicted octanol–water partition coefficient (Wildman–Crippen LogP) is 3.94. The quantitative estimate of drug-likeness (QED) is 0.768. The van der Waals surface area contributed by atoms with Crippen molar-refractivity contribution in [2.45, 2.75) is 26.7 Å². The van der Waals surface area contributed by atoms with Gasteiger partial charge in [0.1, 0.15) is 5.82 Å². The maximum Gasteiger partial charge on any atom is 0.262 e. The first-order chi connectivity index (χ1) is 12.9. The van der Waals surface area contributed by atoms with E-state index in [1.165, 1.54) is 18.6 Å². The van der Waals surface area contributed by atoms with Crippen LogP contribution in [0.2, 0.25) is 0 Å². The number of aromatic nitrogens is 2. The van der Waals surface area contributed by atoms with Gasteiger partial charge in [-0.2, -0.15) is 4.98 Å². The molecule has 1 aromatic carbocycles. The smallest absolute Gasteiger partial charge is 0.262 e. The summed E-state index contributed by atoms with van der Waals surface area (Å²) in [6.45, 7) is 5.64. The van der Waals surface area contributed by atoms with Gasteiger partial charge in [0.05, 0.1) is 5.69 Å². The Balaban J connectivity index is 1.62. The number of benzene rings is 1. The zero-order valence-electron chi connectivity index (χ0n) is 15.3. The number of rotatable bonds is 5. The van der Waals surface area contributed by atoms with Crippen molar-refractivity contribution in [2.75, 3.05) is 29.9 Å². The van der Waals surface area contributed by atoms with Crippen LogP contribution >= 0.6 is 15.9 Å². The summed E-state index contributed by atoms with van der Waals surface area (Å²) in [5.74, 6) is 0.578. The van der Waals surface area contributed by atoms with E-state index in [4.69, 9.17) is 4.74 Å². The van der Waals surface area contributed by atoms with Crippen LogP contribution in [0.25, 0.3) is 0 Å². The molecule has 27 heavy (non-hydrogen) atoms. The highest BCUT2D eigenvalue weighted by Gasteiger charge is 2.19. The second-order valence-corrected chi connectivity index (χ2v) is 7.72. The largest absolute Gasteiger partial charge is 0.467 e. The molecule has 0 unspecified atom stereocenters. The minimum Gasteiger partial charge on any atom is -0.467 e. The standard InChI is InChI=1S/C19H22BrFN4O2/c1-12-4-3-7-25(10-12)19-22-13(2)8-18(24-19)27-11-17(26)23-16-6-5-14(20)9-15(16)21/h5-6,8-9,12H,3-4,7,10-11H2,1-2H3,(H,23,26)/t12-/m1/s1. The molecule has 1 aliphatic rings. The van der Waals surface area contributed by atoms with E-state index in [9.17, 15) is 9.18 Å². The number of amides is 1. The number of hydrogen-bond donors (Lipinski definition) is 1. The Morgan fingerprint density at radius 2 is 2.22 bits per heavy atom. The van der Waals surface area contributed by atoms with Crippen molar-refractivity contribution in [1.29, 1.82) is 0 Å². The van der Waals surface area contributed by atoms with Crippen molar-refractivity contribution < 1.29 is 13.9 Å². The summed E-state index contributed by atoms with van der Waals surface area (Å²) in [5.41, 5.74) is 0.876. The molecule has 8 heteroatoms. The first-order valence-corrected chi connectivity index (χ1v) is 9.68. The SMILES string of the molecule is Cc1cc(OCC(=O)Nc2ccc(Br)cc2F)nc(N2CCC[C@@H](C)C2)n1. The number of nitrogens with zero attached hydrogens (tertiary/aromatic N) is 3. The highest BCUT2D eigenvalue weighted by molar-refractivity contribution is 9.10. The van der Waals surface area contributed by atoms with E-state index in [0.717, 1.165) is 25.2 Å². The van der Waals surface area contributed by atoms with Crippen molar-refractivity contribution in [3.8, 4) is 5.88 Å². The molecule has 0 spiro atoms. The average Bonchev–Trinajstić information content (AvgIpc) is 2.62. The lowest BCUT2D eigenvalue weighted by Gasteiger charge is -2.31. The van der Waals surface area contributed by atoms with Crippen LogP contribution in [0.15, 0.2) is 28.7 Å². The molecule has 144 valence electrons. The molecule has 1 N–H and O–H groups in total. The Kier molecular flexibility index (Phi) is 6.26. The van der Waals surface area contributed by atoms with Gasteiger partial charge in [0.25, 0.3) is 5.91 Å². The molecule has 6 nitrogen and oxygen atoms in total. The molecule has 0 radical (unpaired) electrons. The van der Waals surface area contributed by atoms with E-state index in [1.807, 2.05) is 6.92 Å². The highest BCUT2D eigenvalue weighted by atomic mass is 79.9. The number of halogens is 2. The van der Waals surface area contributed by atoms with Crippen molar-refractivity contribution in [3.63, 3.8) is 0 Å². The summed E-state index contributed by atoms with van der Waals surface area (Å²) in [7, 11) is 0. The average molecular weight is 437 g/mol. The first-order valence-electron chi connectivity index (χ1n) is 8.89. The van der Waals surface area contributed by atoms with Crippen molar-refractivity contribution in [2.24, 2.45) is 5.92 Å². The minimum absolute atomic E-state index is 0.105. The van der Waals surface area contributed by atoms with E-state index >= 15 is 0 Å². The second-order valence-electron chi connectivity index (χ2n) is 6.80. The van der Waals surface area contributed by atoms with Gasteiger partial charge in [-0.15, -0.1) is 0 Å². The molecule has 1 atom stereocenters. The van der Waals surface area contributed by atoms with Crippen molar-refractivity contribution in [1.82, 2.24) is 9.97 Å². The van der Waals surface area contributed by atoms with Gasteiger partial charge in [-0.25, -0.2) is 9.37 Å². The van der Waals surface area contributed by atoms with Gasteiger partial charge in [0.15, 0.2) is 6.61 Å². The number of carbonyl (C=O) groups excluding carboxylic acids is 1. The Bertz CT molecular complexity index is 833. The molecule has 3 rings (SSSR count). The third-order valence-corrected chi connectivity index (χ3v) is 4.81. The van der Waals surface area contributed by atoms with Gasteiger partial charge in [-0.3, -0.25) is 4.79 Å². The van der Waals surface area contributed by atoms with Crippen LogP contribution in [-0.2, 0) is 4.79 Å². The van der Waals surface area contributed by atoms with Gasteiger partial charge in [-0.1, -0.05) is 22.9 Å². The molecule has 1 saturated heterocycles. The molecule has 0 aliphatic carbocycles. The zero-order valence-corrected chi connectivity index (χ0v) is 16.9. The number of ether oxygens (including phenoxy) is 1. The van der Waals surface area contributed by atoms with Gasteiger partial charge in [0.2, 0.25) is 11.8 Å². The third-order valence-electron chi connectivity index (χ3n) is 4.32. The summed E-state index contributed by atoms with van der Waals surface area (Å²) in [6.07, 6.45) is 2.31. The summed E-state index contributed by atoms with van der Waals surface area (Å²) in [4.78, 5) is 23.1. The molecule has 2 aromatic rings. The fraction of sp³-hybridized carbons (Fsp3) is 0.421. The number of carbonyl (C=O) groups is 1. The lowest BCUT2D eigenvalue weighted by molar-refractivity contribution is -0.118. The Hall–Kier alpha value is -2.22. The topological polar surface area (TPSA) is 67.3 Å². The van der Waals surface area contributed by atoms with Crippen LogP contribution < -0.4 is 15.0 Å². The fourth-order valence-electron chi connectivity index (χ4n) is 3.03. The number of anilines is 2. The molecule has 1 aromatic heterocycles. The first kappa shape index (κ1) is 19.5. The fourth-order valence-corrected chi connectivity index (χ4v) is 3.36. The van der Waals surface area contributed by atoms with Crippen LogP contribution in [0.4, 0.5) is 16.0 Å². The minimum atomic E-state index is -0.517. The van der Waals surface area contributed by atoms with Crippen LogP contribution in [0.1, 0.15) is 25.5 Å². The zero-order chi connectivity index (χ0) is 19.4. The summed E-state index contributed by atoms with van der Waals surface area (Å²) in [6, 6.07) is 6.11. The lowest BCUT2D eigenvalue weighted by Crippen LogP contribution is -2.35. The molecule has 0 saturated carbocycles. The lowest BCUT2D eigenvalue weighted by atomic mass is 10.0. The van der Waals surface area contributed by atoms with E-state index in [2.05, 4.69) is 43.0 Å². The monoisotopic (exact) mass is 436 g/mol. The number of hydrogen-bond acceptors (Lipinski definition) is 5. The Morgan fingerprint density at radius 1 is 1.41 bits per heavy atom. The van der Waals surface area contributed by atoms with Gasteiger partial charge < -0.3 is 15.0 Å². The molecular formula is C19H22BrFN4O2. The van der Waals surface area contributed by atoms with E-state index in [0.29, 0.717) is 22.2 Å². The van der Waals surface area contributed by atoms with E-state index in [1.54, 1.807) is 12.1 Å². The molecular weight excluding hydrogens is 415 g/mol. The Morgan fingerprint density at radius 3 is 2.96 bits per heavy atom. The molecule has 1 amide bonds.